The Bertz CT molecular complexity index is 680. The van der Waals surface area contributed by atoms with Gasteiger partial charge in [-0.2, -0.15) is 0 Å². The van der Waals surface area contributed by atoms with Gasteiger partial charge in [0.1, 0.15) is 4.90 Å². The summed E-state index contributed by atoms with van der Waals surface area (Å²) in [6, 6.07) is 4.06. The van der Waals surface area contributed by atoms with E-state index in [0.717, 1.165) is 9.87 Å². The molecule has 1 aliphatic heterocycles. The number of benzene rings is 1. The summed E-state index contributed by atoms with van der Waals surface area (Å²) in [6.45, 7) is 4.35. The first-order valence-electron chi connectivity index (χ1n) is 7.01. The Morgan fingerprint density at radius 2 is 2.10 bits per heavy atom. The molecule has 114 valence electrons. The number of sulfonamides is 1. The van der Waals surface area contributed by atoms with E-state index in [2.05, 4.69) is 5.32 Å². The smallest absolute Gasteiger partial charge is 0.336 e. The van der Waals surface area contributed by atoms with E-state index >= 15 is 0 Å². The second-order valence-corrected chi connectivity index (χ2v) is 7.22. The zero-order valence-corrected chi connectivity index (χ0v) is 12.8. The van der Waals surface area contributed by atoms with Crippen LogP contribution in [0.3, 0.4) is 0 Å². The maximum Gasteiger partial charge on any atom is 0.336 e. The number of hydrogen-bond donors (Lipinski definition) is 1. The molecule has 21 heavy (non-hydrogen) atoms. The van der Waals surface area contributed by atoms with Crippen LogP contribution in [0.2, 0.25) is 0 Å². The minimum absolute atomic E-state index is 0.0439. The van der Waals surface area contributed by atoms with Gasteiger partial charge < -0.3 is 10.1 Å². The average molecular weight is 310 g/mol. The van der Waals surface area contributed by atoms with Crippen molar-refractivity contribution in [2.75, 3.05) is 11.9 Å². The molecule has 0 spiro atoms. The van der Waals surface area contributed by atoms with E-state index in [1.165, 1.54) is 0 Å². The van der Waals surface area contributed by atoms with Gasteiger partial charge in [-0.3, -0.25) is 0 Å². The van der Waals surface area contributed by atoms with Crippen LogP contribution in [0.4, 0.5) is 10.5 Å². The molecule has 1 aromatic rings. The van der Waals surface area contributed by atoms with E-state index < -0.39 is 16.1 Å². The summed E-state index contributed by atoms with van der Waals surface area (Å²) in [4.78, 5) is 12.3. The predicted molar refractivity (Wildman–Crippen MR) is 77.7 cm³/mol. The molecule has 0 unspecified atom stereocenters. The molecule has 0 aromatic heterocycles. The van der Waals surface area contributed by atoms with Gasteiger partial charge in [0.05, 0.1) is 17.8 Å². The molecule has 0 saturated heterocycles. The number of urea groups is 1. The summed E-state index contributed by atoms with van der Waals surface area (Å²) in [6.07, 6.45) is 1.16. The molecule has 1 saturated carbocycles. The fraction of sp³-hybridized carbons (Fsp3) is 0.500. The zero-order valence-electron chi connectivity index (χ0n) is 12.0. The monoisotopic (exact) mass is 310 g/mol. The topological polar surface area (TPSA) is 75.7 Å². The standard InChI is InChI=1S/C14H18N2O4S/c1-3-20-11-7-10(8-11)16-14(17)15-12-6-9(2)4-5-13(12)21(16,18)19/h4-6,10-11H,3,7-8H2,1-2H3,(H,15,17). The zero-order chi connectivity index (χ0) is 15.2. The normalized spacial score (nSPS) is 26.8. The number of anilines is 1. The number of fused-ring (bicyclic) bond motifs is 1. The Labute approximate surface area is 124 Å². The first-order valence-corrected chi connectivity index (χ1v) is 8.45. The molecule has 2 amide bonds. The summed E-state index contributed by atoms with van der Waals surface area (Å²) >= 11 is 0. The maximum atomic E-state index is 12.6. The quantitative estimate of drug-likeness (QED) is 0.927. The van der Waals surface area contributed by atoms with Gasteiger partial charge in [0, 0.05) is 6.61 Å². The van der Waals surface area contributed by atoms with Gasteiger partial charge in [-0.15, -0.1) is 0 Å². The van der Waals surface area contributed by atoms with Gasteiger partial charge >= 0.3 is 6.03 Å². The highest BCUT2D eigenvalue weighted by molar-refractivity contribution is 7.90. The fourth-order valence-electron chi connectivity index (χ4n) is 2.82. The van der Waals surface area contributed by atoms with Gasteiger partial charge in [0.2, 0.25) is 0 Å². The van der Waals surface area contributed by atoms with Crippen molar-refractivity contribution in [3.05, 3.63) is 23.8 Å². The van der Waals surface area contributed by atoms with Gasteiger partial charge in [-0.05, 0) is 44.4 Å². The predicted octanol–water partition coefficient (Wildman–Crippen LogP) is 2.10. The molecular weight excluding hydrogens is 292 g/mol. The van der Waals surface area contributed by atoms with Gasteiger partial charge in [0.15, 0.2) is 0 Å². The summed E-state index contributed by atoms with van der Waals surface area (Å²) in [5.74, 6) is 0. The number of nitrogens with one attached hydrogen (secondary N) is 1. The fourth-order valence-corrected chi connectivity index (χ4v) is 4.48. The van der Waals surface area contributed by atoms with Crippen LogP contribution in [0.15, 0.2) is 23.1 Å². The molecule has 1 heterocycles. The van der Waals surface area contributed by atoms with Gasteiger partial charge in [-0.1, -0.05) is 6.07 Å². The molecule has 1 aliphatic carbocycles. The van der Waals surface area contributed by atoms with Crippen molar-refractivity contribution in [2.24, 2.45) is 0 Å². The minimum atomic E-state index is -3.78. The summed E-state index contributed by atoms with van der Waals surface area (Å²) in [5.41, 5.74) is 1.26. The second kappa shape index (κ2) is 4.99. The number of aryl methyl sites for hydroxylation is 1. The summed E-state index contributed by atoms with van der Waals surface area (Å²) in [5, 5.41) is 2.67. The Morgan fingerprint density at radius 3 is 2.76 bits per heavy atom. The molecule has 0 radical (unpaired) electrons. The van der Waals surface area contributed by atoms with Gasteiger partial charge in [-0.25, -0.2) is 17.5 Å². The molecule has 3 rings (SSSR count). The summed E-state index contributed by atoms with van der Waals surface area (Å²) in [7, 11) is -3.78. The molecule has 0 atom stereocenters. The second-order valence-electron chi connectivity index (χ2n) is 5.43. The number of carbonyl (C=O) groups excluding carboxylic acids is 1. The lowest BCUT2D eigenvalue weighted by Crippen LogP contribution is -2.56. The van der Waals surface area contributed by atoms with Crippen LogP contribution in [0, 0.1) is 6.92 Å². The van der Waals surface area contributed by atoms with Crippen molar-refractivity contribution in [3.8, 4) is 0 Å². The first-order chi connectivity index (χ1) is 9.93. The SMILES string of the molecule is CCOC1CC(N2C(=O)Nc3cc(C)ccc3S2(=O)=O)C1. The highest BCUT2D eigenvalue weighted by atomic mass is 32.2. The van der Waals surface area contributed by atoms with Crippen LogP contribution in [-0.2, 0) is 14.8 Å². The number of ether oxygens (including phenoxy) is 1. The molecule has 1 N–H and O–H groups in total. The third-order valence-corrected chi connectivity index (χ3v) is 5.81. The summed E-state index contributed by atoms with van der Waals surface area (Å²) < 4.78 is 31.7. The van der Waals surface area contributed by atoms with E-state index in [-0.39, 0.29) is 17.0 Å². The van der Waals surface area contributed by atoms with Crippen molar-refractivity contribution in [3.63, 3.8) is 0 Å². The van der Waals surface area contributed by atoms with Crippen molar-refractivity contribution in [1.29, 1.82) is 0 Å². The molecule has 2 aliphatic rings. The van der Waals surface area contributed by atoms with E-state index in [9.17, 15) is 13.2 Å². The van der Waals surface area contributed by atoms with E-state index in [1.54, 1.807) is 18.2 Å². The lowest BCUT2D eigenvalue weighted by atomic mass is 9.89. The van der Waals surface area contributed by atoms with Crippen LogP contribution < -0.4 is 5.32 Å². The molecule has 6 nitrogen and oxygen atoms in total. The van der Waals surface area contributed by atoms with Crippen molar-refractivity contribution < 1.29 is 17.9 Å². The third-order valence-electron chi connectivity index (χ3n) is 3.92. The van der Waals surface area contributed by atoms with Crippen molar-refractivity contribution in [1.82, 2.24) is 4.31 Å². The number of nitrogens with zero attached hydrogens (tertiary/aromatic N) is 1. The van der Waals surface area contributed by atoms with Crippen LogP contribution in [0.25, 0.3) is 0 Å². The third kappa shape index (κ3) is 2.30. The number of rotatable bonds is 3. The van der Waals surface area contributed by atoms with Gasteiger partial charge in [0.25, 0.3) is 10.0 Å². The lowest BCUT2D eigenvalue weighted by molar-refractivity contribution is -0.0207. The van der Waals surface area contributed by atoms with Crippen LogP contribution in [0.1, 0.15) is 25.3 Å². The van der Waals surface area contributed by atoms with Crippen LogP contribution >= 0.6 is 0 Å². The van der Waals surface area contributed by atoms with E-state index in [4.69, 9.17) is 4.74 Å². The average Bonchev–Trinajstić information content (AvgIpc) is 2.34. The Hall–Kier alpha value is -1.60. The van der Waals surface area contributed by atoms with Crippen molar-refractivity contribution >= 4 is 21.7 Å². The Kier molecular flexibility index (Phi) is 3.41. The number of amides is 2. The minimum Gasteiger partial charge on any atom is -0.378 e. The molecule has 7 heteroatoms. The molecular formula is C14H18N2O4S. The highest BCUT2D eigenvalue weighted by Crippen LogP contribution is 2.37. The van der Waals surface area contributed by atoms with E-state index in [0.29, 0.717) is 25.1 Å². The highest BCUT2D eigenvalue weighted by Gasteiger charge is 2.46. The molecule has 1 fully saturated rings. The largest absolute Gasteiger partial charge is 0.378 e. The first kappa shape index (κ1) is 14.3. The maximum absolute atomic E-state index is 12.6. The van der Waals surface area contributed by atoms with Crippen LogP contribution in [-0.4, -0.2) is 37.5 Å². The van der Waals surface area contributed by atoms with Crippen molar-refractivity contribution in [2.45, 2.75) is 43.7 Å². The number of carbonyl (C=O) groups is 1. The lowest BCUT2D eigenvalue weighted by Gasteiger charge is -2.43. The molecule has 1 aromatic carbocycles. The number of hydrogen-bond acceptors (Lipinski definition) is 4. The molecule has 0 bridgehead atoms. The van der Waals surface area contributed by atoms with E-state index in [1.807, 2.05) is 13.8 Å². The van der Waals surface area contributed by atoms with Crippen LogP contribution in [0.5, 0.6) is 0 Å². The Balaban J connectivity index is 1.90. The Morgan fingerprint density at radius 1 is 1.38 bits per heavy atom.